The first-order valence-corrected chi connectivity index (χ1v) is 9.76. The summed E-state index contributed by atoms with van der Waals surface area (Å²) in [6.07, 6.45) is 2.75. The highest BCUT2D eigenvalue weighted by Crippen LogP contribution is 2.27. The van der Waals surface area contributed by atoms with Crippen LogP contribution in [-0.4, -0.2) is 18.6 Å². The zero-order chi connectivity index (χ0) is 19.4. The molecule has 0 unspecified atom stereocenters. The molecule has 0 aliphatic rings. The number of halogens is 1. The van der Waals surface area contributed by atoms with Gasteiger partial charge in [0.2, 0.25) is 9.84 Å². The summed E-state index contributed by atoms with van der Waals surface area (Å²) >= 11 is 5.90. The van der Waals surface area contributed by atoms with Crippen LogP contribution in [0, 0.1) is 18.3 Å². The molecule has 8 heteroatoms. The third-order valence-electron chi connectivity index (χ3n) is 3.87. The van der Waals surface area contributed by atoms with E-state index in [0.717, 1.165) is 17.3 Å². The van der Waals surface area contributed by atoms with Gasteiger partial charge in [0.1, 0.15) is 11.9 Å². The fourth-order valence-electron chi connectivity index (χ4n) is 2.40. The number of nitrogens with one attached hydrogen (secondary N) is 2. The molecule has 0 aliphatic carbocycles. The summed E-state index contributed by atoms with van der Waals surface area (Å²) in [6, 6.07) is 15.2. The Kier molecular flexibility index (Phi) is 5.31. The third-order valence-corrected chi connectivity index (χ3v) is 5.81. The van der Waals surface area contributed by atoms with E-state index in [2.05, 4.69) is 15.5 Å². The Morgan fingerprint density at radius 2 is 1.85 bits per heavy atom. The summed E-state index contributed by atoms with van der Waals surface area (Å²) in [4.78, 5) is -0.340. The van der Waals surface area contributed by atoms with Gasteiger partial charge in [0, 0.05) is 16.8 Å². The van der Waals surface area contributed by atoms with Crippen molar-refractivity contribution in [1.82, 2.24) is 10.2 Å². The lowest BCUT2D eigenvalue weighted by Gasteiger charge is -2.06. The van der Waals surface area contributed by atoms with Crippen LogP contribution < -0.4 is 5.32 Å². The molecule has 0 aliphatic heterocycles. The van der Waals surface area contributed by atoms with E-state index in [4.69, 9.17) is 11.6 Å². The first-order valence-electron chi connectivity index (χ1n) is 7.89. The van der Waals surface area contributed by atoms with Gasteiger partial charge in [-0.3, -0.25) is 5.10 Å². The minimum atomic E-state index is -3.92. The first kappa shape index (κ1) is 18.7. The molecule has 2 aromatic carbocycles. The van der Waals surface area contributed by atoms with Crippen molar-refractivity contribution in [3.05, 3.63) is 76.4 Å². The van der Waals surface area contributed by atoms with Gasteiger partial charge in [0.05, 0.1) is 11.1 Å². The van der Waals surface area contributed by atoms with Crippen LogP contribution in [0.5, 0.6) is 0 Å². The molecule has 0 fully saturated rings. The molecule has 3 aromatic rings. The Morgan fingerprint density at radius 1 is 1.19 bits per heavy atom. The Hall–Kier alpha value is -3.08. The molecule has 0 saturated heterocycles. The van der Waals surface area contributed by atoms with Crippen LogP contribution in [0.2, 0.25) is 5.02 Å². The van der Waals surface area contributed by atoms with E-state index in [1.165, 1.54) is 12.1 Å². The molecule has 0 radical (unpaired) electrons. The van der Waals surface area contributed by atoms with E-state index in [1.807, 2.05) is 19.1 Å². The highest BCUT2D eigenvalue weighted by Gasteiger charge is 2.21. The minimum absolute atomic E-state index is 0.0604. The maximum Gasteiger partial charge on any atom is 0.218 e. The summed E-state index contributed by atoms with van der Waals surface area (Å²) < 4.78 is 25.3. The second-order valence-corrected chi connectivity index (χ2v) is 8.10. The van der Waals surface area contributed by atoms with Crippen LogP contribution >= 0.6 is 11.6 Å². The Balaban J connectivity index is 1.91. The van der Waals surface area contributed by atoms with Crippen molar-refractivity contribution in [2.75, 3.05) is 5.32 Å². The van der Waals surface area contributed by atoms with E-state index in [0.29, 0.717) is 16.4 Å². The van der Waals surface area contributed by atoms with Gasteiger partial charge < -0.3 is 5.32 Å². The number of H-pyrrole nitrogens is 1. The number of hydrogen-bond donors (Lipinski definition) is 2. The molecular weight excluding hydrogens is 384 g/mol. The largest absolute Gasteiger partial charge is 0.344 e. The molecule has 0 saturated carbocycles. The zero-order valence-electron chi connectivity index (χ0n) is 14.3. The number of benzene rings is 2. The maximum absolute atomic E-state index is 12.7. The van der Waals surface area contributed by atoms with Gasteiger partial charge in [-0.25, -0.2) is 8.42 Å². The monoisotopic (exact) mass is 398 g/mol. The fraction of sp³-hybridized carbons (Fsp3) is 0.0526. The molecule has 3 rings (SSSR count). The molecule has 6 nitrogen and oxygen atoms in total. The van der Waals surface area contributed by atoms with Gasteiger partial charge in [-0.1, -0.05) is 41.4 Å². The average molecular weight is 399 g/mol. The molecule has 0 amide bonds. The van der Waals surface area contributed by atoms with Crippen molar-refractivity contribution in [3.8, 4) is 17.2 Å². The smallest absolute Gasteiger partial charge is 0.218 e. The minimum Gasteiger partial charge on any atom is -0.344 e. The first-order chi connectivity index (χ1) is 12.9. The topological polar surface area (TPSA) is 98.6 Å². The van der Waals surface area contributed by atoms with E-state index < -0.39 is 14.7 Å². The van der Waals surface area contributed by atoms with Gasteiger partial charge in [-0.15, -0.1) is 0 Å². The Labute approximate surface area is 162 Å². The SMILES string of the molecule is Cc1ccc(S(=O)(=O)/C(C#N)=C\Nc2[nH]ncc2-c2ccc(Cl)cc2)cc1. The highest BCUT2D eigenvalue weighted by atomic mass is 35.5. The van der Waals surface area contributed by atoms with Crippen molar-refractivity contribution >= 4 is 27.3 Å². The molecule has 0 spiro atoms. The number of nitrogens with zero attached hydrogens (tertiary/aromatic N) is 2. The van der Waals surface area contributed by atoms with Crippen molar-refractivity contribution < 1.29 is 8.42 Å². The number of anilines is 1. The van der Waals surface area contributed by atoms with Crippen molar-refractivity contribution in [3.63, 3.8) is 0 Å². The number of nitriles is 1. The van der Waals surface area contributed by atoms with Gasteiger partial charge in [0.25, 0.3) is 0 Å². The van der Waals surface area contributed by atoms with Crippen LogP contribution in [0.3, 0.4) is 0 Å². The lowest BCUT2D eigenvalue weighted by atomic mass is 10.1. The number of aryl methyl sites for hydroxylation is 1. The van der Waals surface area contributed by atoms with Crippen molar-refractivity contribution in [2.24, 2.45) is 0 Å². The predicted molar refractivity (Wildman–Crippen MR) is 105 cm³/mol. The molecule has 0 bridgehead atoms. The summed E-state index contributed by atoms with van der Waals surface area (Å²) in [7, 11) is -3.92. The molecule has 27 heavy (non-hydrogen) atoms. The summed E-state index contributed by atoms with van der Waals surface area (Å²) in [5.41, 5.74) is 2.48. The second kappa shape index (κ2) is 7.66. The molecule has 0 atom stereocenters. The van der Waals surface area contributed by atoms with Crippen molar-refractivity contribution in [2.45, 2.75) is 11.8 Å². The Morgan fingerprint density at radius 3 is 2.48 bits per heavy atom. The molecule has 1 heterocycles. The normalized spacial score (nSPS) is 11.8. The summed E-state index contributed by atoms with van der Waals surface area (Å²) in [5, 5.41) is 19.5. The third kappa shape index (κ3) is 4.03. The van der Waals surface area contributed by atoms with E-state index in [1.54, 1.807) is 36.5 Å². The second-order valence-electron chi connectivity index (χ2n) is 5.75. The lowest BCUT2D eigenvalue weighted by Crippen LogP contribution is -2.06. The van der Waals surface area contributed by atoms with Crippen molar-refractivity contribution in [1.29, 1.82) is 5.26 Å². The molecule has 136 valence electrons. The quantitative estimate of drug-likeness (QED) is 0.624. The van der Waals surface area contributed by atoms with Crippen LogP contribution in [0.25, 0.3) is 11.1 Å². The van der Waals surface area contributed by atoms with Gasteiger partial charge in [-0.05, 0) is 36.8 Å². The van der Waals surface area contributed by atoms with Crippen LogP contribution in [-0.2, 0) is 9.84 Å². The van der Waals surface area contributed by atoms with E-state index in [9.17, 15) is 13.7 Å². The van der Waals surface area contributed by atoms with Gasteiger partial charge in [0.15, 0.2) is 4.91 Å². The average Bonchev–Trinajstić information content (AvgIpc) is 3.11. The Bertz CT molecular complexity index is 1130. The highest BCUT2D eigenvalue weighted by molar-refractivity contribution is 7.95. The number of sulfone groups is 1. The fourth-order valence-corrected chi connectivity index (χ4v) is 3.61. The number of allylic oxidation sites excluding steroid dienone is 1. The van der Waals surface area contributed by atoms with Gasteiger partial charge in [-0.2, -0.15) is 10.4 Å². The number of aromatic nitrogens is 2. The van der Waals surface area contributed by atoms with Crippen LogP contribution in [0.4, 0.5) is 5.82 Å². The number of rotatable bonds is 5. The number of aromatic amines is 1. The zero-order valence-corrected chi connectivity index (χ0v) is 15.8. The van der Waals surface area contributed by atoms with E-state index >= 15 is 0 Å². The standard InChI is InChI=1S/C19H15ClN4O2S/c1-13-2-8-16(9-3-13)27(25,26)17(10-21)11-22-19-18(12-23-24-19)14-4-6-15(20)7-5-14/h2-9,11-12H,1H3,(H2,22,23,24)/b17-11-. The summed E-state index contributed by atoms with van der Waals surface area (Å²) in [6.45, 7) is 1.86. The van der Waals surface area contributed by atoms with Gasteiger partial charge >= 0.3 is 0 Å². The predicted octanol–water partition coefficient (Wildman–Crippen LogP) is 4.29. The van der Waals surface area contributed by atoms with Crippen LogP contribution in [0.15, 0.2) is 70.7 Å². The lowest BCUT2D eigenvalue weighted by molar-refractivity contribution is 0.603. The number of hydrogen-bond acceptors (Lipinski definition) is 5. The van der Waals surface area contributed by atoms with E-state index in [-0.39, 0.29) is 4.90 Å². The summed E-state index contributed by atoms with van der Waals surface area (Å²) in [5.74, 6) is 0.462. The molecular formula is C19H15ClN4O2S. The molecule has 1 aromatic heterocycles. The molecule has 2 N–H and O–H groups in total. The van der Waals surface area contributed by atoms with Crippen LogP contribution in [0.1, 0.15) is 5.56 Å². The maximum atomic E-state index is 12.7.